The van der Waals surface area contributed by atoms with Gasteiger partial charge < -0.3 is 24.8 Å². The van der Waals surface area contributed by atoms with Gasteiger partial charge in [0.2, 0.25) is 5.90 Å². The Morgan fingerprint density at radius 3 is 2.46 bits per heavy atom. The molecule has 6 heteroatoms. The van der Waals surface area contributed by atoms with Crippen LogP contribution in [0.1, 0.15) is 0 Å². The van der Waals surface area contributed by atoms with Crippen LogP contribution in [-0.4, -0.2) is 59.3 Å². The van der Waals surface area contributed by atoms with Gasteiger partial charge in [-0.3, -0.25) is 5.41 Å². The number of aliphatic hydroxyl groups excluding tert-OH is 3. The molecule has 0 spiro atoms. The second kappa shape index (κ2) is 4.01. The normalized spacial score (nSPS) is 39.1. The standard InChI is InChI=1S/C7H13NO5/c1-12-7(8)6-5(11)4(10)3(2-9)13-6/h3-6,8-11H,2H2,1H3/t3-,4-,5-,6-/m1/s1. The van der Waals surface area contributed by atoms with Crippen LogP contribution in [0.3, 0.4) is 0 Å². The Morgan fingerprint density at radius 1 is 1.46 bits per heavy atom. The first-order valence-electron chi connectivity index (χ1n) is 3.86. The molecular weight excluding hydrogens is 178 g/mol. The molecule has 4 N–H and O–H groups in total. The van der Waals surface area contributed by atoms with Crippen molar-refractivity contribution in [1.29, 1.82) is 5.41 Å². The summed E-state index contributed by atoms with van der Waals surface area (Å²) in [4.78, 5) is 0. The van der Waals surface area contributed by atoms with Crippen LogP contribution in [0.4, 0.5) is 0 Å². The van der Waals surface area contributed by atoms with Crippen molar-refractivity contribution in [1.82, 2.24) is 0 Å². The van der Waals surface area contributed by atoms with Gasteiger partial charge in [-0.25, -0.2) is 0 Å². The largest absolute Gasteiger partial charge is 0.483 e. The summed E-state index contributed by atoms with van der Waals surface area (Å²) in [6.45, 7) is -0.397. The van der Waals surface area contributed by atoms with Gasteiger partial charge in [0, 0.05) is 0 Å². The molecule has 0 aromatic heterocycles. The van der Waals surface area contributed by atoms with Crippen molar-refractivity contribution in [2.24, 2.45) is 0 Å². The first kappa shape index (κ1) is 10.4. The zero-order valence-corrected chi connectivity index (χ0v) is 7.17. The fourth-order valence-electron chi connectivity index (χ4n) is 1.23. The van der Waals surface area contributed by atoms with E-state index in [-0.39, 0.29) is 5.90 Å². The highest BCUT2D eigenvalue weighted by molar-refractivity contribution is 5.78. The van der Waals surface area contributed by atoms with Crippen molar-refractivity contribution in [2.45, 2.75) is 24.4 Å². The summed E-state index contributed by atoms with van der Waals surface area (Å²) in [5.41, 5.74) is 0. The van der Waals surface area contributed by atoms with Crippen LogP contribution in [0.25, 0.3) is 0 Å². The molecule has 13 heavy (non-hydrogen) atoms. The second-order valence-electron chi connectivity index (χ2n) is 2.83. The Kier molecular flexibility index (Phi) is 3.21. The Labute approximate surface area is 75.2 Å². The van der Waals surface area contributed by atoms with Gasteiger partial charge in [-0.2, -0.15) is 0 Å². The molecule has 0 aromatic rings. The van der Waals surface area contributed by atoms with Gasteiger partial charge in [-0.15, -0.1) is 0 Å². The number of aliphatic hydroxyl groups is 3. The summed E-state index contributed by atoms with van der Waals surface area (Å²) >= 11 is 0. The van der Waals surface area contributed by atoms with Crippen molar-refractivity contribution in [3.8, 4) is 0 Å². The van der Waals surface area contributed by atoms with E-state index in [4.69, 9.17) is 15.3 Å². The third kappa shape index (κ3) is 1.80. The average Bonchev–Trinajstić information content (AvgIpc) is 2.43. The van der Waals surface area contributed by atoms with E-state index in [1.165, 1.54) is 7.11 Å². The smallest absolute Gasteiger partial charge is 0.213 e. The Hall–Kier alpha value is -0.690. The summed E-state index contributed by atoms with van der Waals surface area (Å²) in [7, 11) is 1.27. The number of methoxy groups -OCH3 is 1. The van der Waals surface area contributed by atoms with E-state index >= 15 is 0 Å². The van der Waals surface area contributed by atoms with Crippen LogP contribution < -0.4 is 0 Å². The molecule has 1 heterocycles. The van der Waals surface area contributed by atoms with Crippen molar-refractivity contribution in [3.63, 3.8) is 0 Å². The lowest BCUT2D eigenvalue weighted by Gasteiger charge is -2.13. The van der Waals surface area contributed by atoms with Gasteiger partial charge in [0.15, 0.2) is 6.10 Å². The van der Waals surface area contributed by atoms with Gasteiger partial charge >= 0.3 is 0 Å². The molecule has 4 atom stereocenters. The molecule has 0 aliphatic carbocycles. The quantitative estimate of drug-likeness (QED) is 0.301. The zero-order chi connectivity index (χ0) is 10.0. The predicted molar refractivity (Wildman–Crippen MR) is 42.5 cm³/mol. The van der Waals surface area contributed by atoms with E-state index in [1.54, 1.807) is 0 Å². The highest BCUT2D eigenvalue weighted by atomic mass is 16.6. The fourth-order valence-corrected chi connectivity index (χ4v) is 1.23. The Morgan fingerprint density at radius 2 is 2.08 bits per heavy atom. The Bertz CT molecular complexity index is 197. The van der Waals surface area contributed by atoms with Crippen LogP contribution >= 0.6 is 0 Å². The molecule has 1 saturated heterocycles. The van der Waals surface area contributed by atoms with Gasteiger partial charge in [0.1, 0.15) is 18.3 Å². The Balaban J connectivity index is 2.65. The van der Waals surface area contributed by atoms with E-state index in [9.17, 15) is 10.2 Å². The van der Waals surface area contributed by atoms with Gasteiger partial charge in [-0.05, 0) is 0 Å². The molecule has 6 nitrogen and oxygen atoms in total. The summed E-state index contributed by atoms with van der Waals surface area (Å²) in [6.07, 6.45) is -4.23. The minimum Gasteiger partial charge on any atom is -0.483 e. The van der Waals surface area contributed by atoms with Gasteiger partial charge in [0.25, 0.3) is 0 Å². The zero-order valence-electron chi connectivity index (χ0n) is 7.17. The molecule has 0 amide bonds. The molecule has 1 aliphatic heterocycles. The number of ether oxygens (including phenoxy) is 2. The van der Waals surface area contributed by atoms with Gasteiger partial charge in [0.05, 0.1) is 13.7 Å². The SMILES string of the molecule is COC(=N)[C@@H]1O[C@H](CO)[C@@H](O)[C@H]1O. The first-order valence-corrected chi connectivity index (χ1v) is 3.86. The number of nitrogens with one attached hydrogen (secondary N) is 1. The van der Waals surface area contributed by atoms with Crippen LogP contribution in [0, 0.1) is 5.41 Å². The van der Waals surface area contributed by atoms with Crippen LogP contribution in [-0.2, 0) is 9.47 Å². The molecular formula is C7H13NO5. The topological polar surface area (TPSA) is 103 Å². The van der Waals surface area contributed by atoms with E-state index in [1.807, 2.05) is 0 Å². The van der Waals surface area contributed by atoms with Crippen LogP contribution in [0.15, 0.2) is 0 Å². The van der Waals surface area contributed by atoms with E-state index in [0.29, 0.717) is 0 Å². The average molecular weight is 191 g/mol. The van der Waals surface area contributed by atoms with E-state index in [2.05, 4.69) is 4.74 Å². The summed E-state index contributed by atoms with van der Waals surface area (Å²) in [6, 6.07) is 0. The molecule has 0 saturated carbocycles. The first-order chi connectivity index (χ1) is 6.11. The minimum absolute atomic E-state index is 0.262. The summed E-state index contributed by atoms with van der Waals surface area (Å²) in [5.74, 6) is -0.262. The monoisotopic (exact) mass is 191 g/mol. The maximum Gasteiger partial charge on any atom is 0.213 e. The number of hydrogen-bond acceptors (Lipinski definition) is 6. The number of hydrogen-bond donors (Lipinski definition) is 4. The van der Waals surface area contributed by atoms with Gasteiger partial charge in [-0.1, -0.05) is 0 Å². The second-order valence-corrected chi connectivity index (χ2v) is 2.83. The fraction of sp³-hybridized carbons (Fsp3) is 0.857. The van der Waals surface area contributed by atoms with Crippen molar-refractivity contribution in [3.05, 3.63) is 0 Å². The van der Waals surface area contributed by atoms with E-state index < -0.39 is 31.0 Å². The maximum atomic E-state index is 9.35. The maximum absolute atomic E-state index is 9.35. The van der Waals surface area contributed by atoms with Crippen molar-refractivity contribution in [2.75, 3.05) is 13.7 Å². The summed E-state index contributed by atoms with van der Waals surface area (Å²) in [5, 5.41) is 34.6. The van der Waals surface area contributed by atoms with Crippen LogP contribution in [0.2, 0.25) is 0 Å². The third-order valence-corrected chi connectivity index (χ3v) is 2.02. The predicted octanol–water partition coefficient (Wildman–Crippen LogP) is -1.91. The lowest BCUT2D eigenvalue weighted by molar-refractivity contribution is -0.0122. The van der Waals surface area contributed by atoms with Crippen molar-refractivity contribution < 1.29 is 24.8 Å². The van der Waals surface area contributed by atoms with Crippen LogP contribution in [0.5, 0.6) is 0 Å². The molecule has 0 aromatic carbocycles. The highest BCUT2D eigenvalue weighted by Gasteiger charge is 2.45. The molecule has 1 rings (SSSR count). The molecule has 0 bridgehead atoms. The molecule has 0 radical (unpaired) electrons. The molecule has 1 aliphatic rings. The lowest BCUT2D eigenvalue weighted by Crippen LogP contribution is -2.37. The molecule has 0 unspecified atom stereocenters. The highest BCUT2D eigenvalue weighted by Crippen LogP contribution is 2.21. The summed E-state index contributed by atoms with van der Waals surface area (Å²) < 4.78 is 9.54. The van der Waals surface area contributed by atoms with E-state index in [0.717, 1.165) is 0 Å². The lowest BCUT2D eigenvalue weighted by atomic mass is 10.1. The third-order valence-electron chi connectivity index (χ3n) is 2.02. The molecule has 76 valence electrons. The number of rotatable bonds is 2. The van der Waals surface area contributed by atoms with Crippen molar-refractivity contribution >= 4 is 5.90 Å². The minimum atomic E-state index is -1.22. The molecule has 1 fully saturated rings.